The molecule has 0 spiro atoms. The lowest BCUT2D eigenvalue weighted by atomic mass is 9.96. The fourth-order valence-corrected chi connectivity index (χ4v) is 13.7. The van der Waals surface area contributed by atoms with E-state index in [1.165, 1.54) is 90.1 Å². The first-order valence-corrected chi connectivity index (χ1v) is 20.0. The molecule has 196 valence electrons. The molecule has 2 aromatic heterocycles. The summed E-state index contributed by atoms with van der Waals surface area (Å²) in [7, 11) is -3.13. The van der Waals surface area contributed by atoms with E-state index in [0.29, 0.717) is 0 Å². The Balaban J connectivity index is 1.56. The van der Waals surface area contributed by atoms with Crippen LogP contribution in [0.4, 0.5) is 0 Å². The van der Waals surface area contributed by atoms with Crippen LogP contribution in [0.1, 0.15) is 41.5 Å². The molecule has 0 bridgehead atoms. The molecule has 0 N–H and O–H groups in total. The van der Waals surface area contributed by atoms with Crippen molar-refractivity contribution in [3.8, 4) is 0 Å². The Bertz CT molecular complexity index is 1650. The third-order valence-corrected chi connectivity index (χ3v) is 20.9. The van der Waals surface area contributed by atoms with Gasteiger partial charge in [0.2, 0.25) is 0 Å². The third-order valence-electron chi connectivity index (χ3n) is 10.2. The Morgan fingerprint density at radius 1 is 0.421 bits per heavy atom. The molecule has 0 aliphatic carbocycles. The summed E-state index contributed by atoms with van der Waals surface area (Å²) in [5.41, 5.74) is 2.05. The highest BCUT2D eigenvalue weighted by Crippen LogP contribution is 2.36. The van der Waals surface area contributed by atoms with E-state index in [4.69, 9.17) is 8.83 Å². The second-order valence-corrected chi connectivity index (χ2v) is 21.7. The fraction of sp³-hybridized carbons (Fsp3) is 0.353. The molecule has 0 atom stereocenters. The lowest BCUT2D eigenvalue weighted by Crippen LogP contribution is -2.44. The molecule has 2 heterocycles. The summed E-state index contributed by atoms with van der Waals surface area (Å²) in [6.07, 6.45) is 0. The Kier molecular flexibility index (Phi) is 6.31. The van der Waals surface area contributed by atoms with Gasteiger partial charge in [0.15, 0.2) is 0 Å². The van der Waals surface area contributed by atoms with Crippen LogP contribution in [0.3, 0.4) is 0 Å². The van der Waals surface area contributed by atoms with Gasteiger partial charge in [-0.1, -0.05) is 102 Å². The second-order valence-electron chi connectivity index (χ2n) is 11.4. The van der Waals surface area contributed by atoms with Crippen LogP contribution in [0.15, 0.2) is 69.5 Å². The van der Waals surface area contributed by atoms with E-state index in [0.717, 1.165) is 11.2 Å². The van der Waals surface area contributed by atoms with Crippen molar-refractivity contribution in [3.63, 3.8) is 0 Å². The molecule has 6 rings (SSSR count). The van der Waals surface area contributed by atoms with Gasteiger partial charge >= 0.3 is 0 Å². The van der Waals surface area contributed by atoms with Crippen molar-refractivity contribution in [3.05, 3.63) is 60.7 Å². The zero-order valence-electron chi connectivity index (χ0n) is 23.8. The molecular weight excluding hydrogens is 497 g/mol. The Labute approximate surface area is 228 Å². The molecular formula is C34H40O2Si2. The third kappa shape index (κ3) is 3.64. The van der Waals surface area contributed by atoms with E-state index >= 15 is 0 Å². The van der Waals surface area contributed by atoms with Gasteiger partial charge in [-0.3, -0.25) is 0 Å². The maximum absolute atomic E-state index is 6.63. The molecule has 0 aliphatic heterocycles. The molecule has 0 radical (unpaired) electrons. The zero-order chi connectivity index (χ0) is 26.7. The zero-order valence-corrected chi connectivity index (χ0v) is 25.8. The number of benzene rings is 4. The largest absolute Gasteiger partial charge is 0.466 e. The van der Waals surface area contributed by atoms with Gasteiger partial charge in [0, 0.05) is 10.8 Å². The minimum Gasteiger partial charge on any atom is -0.466 e. The molecule has 0 saturated heterocycles. The number of fused-ring (bicyclic) bond motifs is 7. The van der Waals surface area contributed by atoms with Crippen LogP contribution in [0.25, 0.3) is 54.3 Å². The highest BCUT2D eigenvalue weighted by molar-refractivity contribution is 6.91. The van der Waals surface area contributed by atoms with Crippen molar-refractivity contribution >= 4 is 81.2 Å². The monoisotopic (exact) mass is 536 g/mol. The summed E-state index contributed by atoms with van der Waals surface area (Å²) in [5.74, 6) is 0. The Hall–Kier alpha value is -2.83. The molecule has 0 fully saturated rings. The molecule has 38 heavy (non-hydrogen) atoms. The van der Waals surface area contributed by atoms with Gasteiger partial charge in [-0.15, -0.1) is 0 Å². The summed E-state index contributed by atoms with van der Waals surface area (Å²) in [6, 6.07) is 30.5. The van der Waals surface area contributed by atoms with Crippen LogP contribution in [-0.4, -0.2) is 16.1 Å². The first-order valence-electron chi connectivity index (χ1n) is 14.7. The van der Waals surface area contributed by atoms with Gasteiger partial charge in [-0.25, -0.2) is 0 Å². The normalized spacial score (nSPS) is 13.1. The smallest absolute Gasteiger partial charge is 0.134 e. The highest BCUT2D eigenvalue weighted by Gasteiger charge is 2.34. The maximum Gasteiger partial charge on any atom is 0.134 e. The number of hydrogen-bond acceptors (Lipinski definition) is 2. The van der Waals surface area contributed by atoms with Gasteiger partial charge < -0.3 is 8.83 Å². The first-order chi connectivity index (χ1) is 18.4. The molecule has 4 heteroatoms. The first kappa shape index (κ1) is 25.5. The van der Waals surface area contributed by atoms with Crippen molar-refractivity contribution in [2.75, 3.05) is 0 Å². The van der Waals surface area contributed by atoms with E-state index < -0.39 is 16.1 Å². The van der Waals surface area contributed by atoms with E-state index in [1.54, 1.807) is 0 Å². The summed E-state index contributed by atoms with van der Waals surface area (Å²) < 4.78 is 13.3. The standard InChI is InChI=1S/C34H40O2Si2/c1-7-37(8-2,9-3)33-19-25-17-23-13-15-28-27(29(23)21-31(25)35-33)16-14-24-18-26-20-34(36-32(26)22-30(24)28)38(10-4,11-5)12-6/h13-22H,7-12H2,1-6H3. The number of rotatable bonds is 8. The van der Waals surface area contributed by atoms with Crippen molar-refractivity contribution in [1.29, 1.82) is 0 Å². The molecule has 0 amide bonds. The van der Waals surface area contributed by atoms with E-state index in [2.05, 4.69) is 102 Å². The molecule has 0 saturated carbocycles. The van der Waals surface area contributed by atoms with Crippen molar-refractivity contribution in [1.82, 2.24) is 0 Å². The Morgan fingerprint density at radius 3 is 1.13 bits per heavy atom. The average molecular weight is 537 g/mol. The van der Waals surface area contributed by atoms with Gasteiger partial charge in [0.25, 0.3) is 0 Å². The summed E-state index contributed by atoms with van der Waals surface area (Å²) >= 11 is 0. The van der Waals surface area contributed by atoms with Gasteiger partial charge in [0.1, 0.15) is 27.3 Å². The quantitative estimate of drug-likeness (QED) is 0.143. The summed E-state index contributed by atoms with van der Waals surface area (Å²) in [5, 5.41) is 12.7. The van der Waals surface area contributed by atoms with Gasteiger partial charge in [0.05, 0.1) is 10.8 Å². The van der Waals surface area contributed by atoms with Crippen LogP contribution in [0.5, 0.6) is 0 Å². The lowest BCUT2D eigenvalue weighted by molar-refractivity contribution is 0.645. The highest BCUT2D eigenvalue weighted by atomic mass is 28.3. The van der Waals surface area contributed by atoms with Gasteiger partial charge in [-0.2, -0.15) is 0 Å². The SMILES string of the molecule is CC[Si](CC)(CC)c1cc2cc3ccc4c5cc6oc([Si](CC)(CC)CC)cc6cc5ccc4c3cc2o1. The van der Waals surface area contributed by atoms with Crippen LogP contribution in [-0.2, 0) is 0 Å². The van der Waals surface area contributed by atoms with E-state index in [9.17, 15) is 0 Å². The van der Waals surface area contributed by atoms with Crippen molar-refractivity contribution in [2.24, 2.45) is 0 Å². The van der Waals surface area contributed by atoms with E-state index in [-0.39, 0.29) is 0 Å². The Morgan fingerprint density at radius 2 is 0.789 bits per heavy atom. The number of furan rings is 2. The van der Waals surface area contributed by atoms with Crippen molar-refractivity contribution in [2.45, 2.75) is 77.8 Å². The molecule has 0 unspecified atom stereocenters. The van der Waals surface area contributed by atoms with Crippen molar-refractivity contribution < 1.29 is 8.83 Å². The molecule has 6 aromatic rings. The maximum atomic E-state index is 6.63. The average Bonchev–Trinajstić information content (AvgIpc) is 3.57. The van der Waals surface area contributed by atoms with Crippen LogP contribution < -0.4 is 10.8 Å². The van der Waals surface area contributed by atoms with Crippen LogP contribution >= 0.6 is 0 Å². The predicted molar refractivity (Wildman–Crippen MR) is 172 cm³/mol. The fourth-order valence-electron chi connectivity index (χ4n) is 7.01. The summed E-state index contributed by atoms with van der Waals surface area (Å²) in [4.78, 5) is 0. The van der Waals surface area contributed by atoms with Gasteiger partial charge in [-0.05, 0) is 68.7 Å². The number of hydrogen-bond donors (Lipinski definition) is 0. The topological polar surface area (TPSA) is 26.3 Å². The van der Waals surface area contributed by atoms with Crippen LogP contribution in [0, 0.1) is 0 Å². The van der Waals surface area contributed by atoms with Crippen LogP contribution in [0.2, 0.25) is 36.3 Å². The molecule has 2 nitrogen and oxygen atoms in total. The lowest BCUT2D eigenvalue weighted by Gasteiger charge is -2.24. The summed E-state index contributed by atoms with van der Waals surface area (Å²) in [6.45, 7) is 14.1. The minimum atomic E-state index is -1.56. The second kappa shape index (κ2) is 9.42. The van der Waals surface area contributed by atoms with E-state index in [1.807, 2.05) is 0 Å². The molecule has 4 aromatic carbocycles. The molecule has 0 aliphatic rings. The minimum absolute atomic E-state index is 1.03. The predicted octanol–water partition coefficient (Wildman–Crippen LogP) is 10.1.